The molecule has 1 aromatic carbocycles. The zero-order chi connectivity index (χ0) is 12.1. The third-order valence-electron chi connectivity index (χ3n) is 2.37. The number of rotatable bonds is 4. The minimum Gasteiger partial charge on any atom is -0.480 e. The molecule has 0 aliphatic carbocycles. The van der Waals surface area contributed by atoms with E-state index in [-0.39, 0.29) is 6.54 Å². The first-order valence-electron chi connectivity index (χ1n) is 5.06. The number of nitrogens with zero attached hydrogens (tertiary/aromatic N) is 2. The monoisotopic (exact) mass is 218 g/mol. The molecule has 1 N–H and O–H groups in total. The maximum absolute atomic E-state index is 10.7. The molecule has 84 valence electrons. The molecule has 4 nitrogen and oxygen atoms in total. The maximum Gasteiger partial charge on any atom is 0.323 e. The fraction of sp³-hybridized carbons (Fsp3) is 0.333. The van der Waals surface area contributed by atoms with Crippen molar-refractivity contribution in [3.63, 3.8) is 0 Å². The molecule has 0 bridgehead atoms. The van der Waals surface area contributed by atoms with Crippen LogP contribution in [0.1, 0.15) is 18.1 Å². The van der Waals surface area contributed by atoms with Crippen molar-refractivity contribution in [2.24, 2.45) is 0 Å². The summed E-state index contributed by atoms with van der Waals surface area (Å²) in [4.78, 5) is 12.4. The second-order valence-corrected chi connectivity index (χ2v) is 3.52. The molecule has 0 amide bonds. The van der Waals surface area contributed by atoms with Gasteiger partial charge in [-0.2, -0.15) is 5.26 Å². The fourth-order valence-electron chi connectivity index (χ4n) is 1.61. The number of likely N-dealkylation sites (N-methyl/N-ethyl adjacent to an activating group) is 1. The predicted molar refractivity (Wildman–Crippen MR) is 61.4 cm³/mol. The smallest absolute Gasteiger partial charge is 0.323 e. The molecule has 0 heterocycles. The highest BCUT2D eigenvalue weighted by Crippen LogP contribution is 2.20. The Morgan fingerprint density at radius 1 is 1.56 bits per heavy atom. The van der Waals surface area contributed by atoms with Crippen molar-refractivity contribution < 1.29 is 9.90 Å². The van der Waals surface area contributed by atoms with Crippen LogP contribution in [0, 0.1) is 18.3 Å². The Bertz CT molecular complexity index is 435. The van der Waals surface area contributed by atoms with E-state index < -0.39 is 5.97 Å². The molecule has 4 heteroatoms. The van der Waals surface area contributed by atoms with Crippen molar-refractivity contribution >= 4 is 11.7 Å². The van der Waals surface area contributed by atoms with Crippen LogP contribution in [0.4, 0.5) is 5.69 Å². The summed E-state index contributed by atoms with van der Waals surface area (Å²) in [5.41, 5.74) is 2.37. The number of nitriles is 1. The van der Waals surface area contributed by atoms with E-state index in [1.165, 1.54) is 0 Å². The Labute approximate surface area is 94.7 Å². The average molecular weight is 218 g/mol. The summed E-state index contributed by atoms with van der Waals surface area (Å²) in [5, 5.41) is 17.5. The van der Waals surface area contributed by atoms with Crippen LogP contribution in [-0.4, -0.2) is 24.2 Å². The number of aliphatic carboxylic acids is 1. The number of aryl methyl sites for hydroxylation is 1. The second-order valence-electron chi connectivity index (χ2n) is 3.52. The van der Waals surface area contributed by atoms with Crippen molar-refractivity contribution in [2.45, 2.75) is 13.8 Å². The summed E-state index contributed by atoms with van der Waals surface area (Å²) in [6, 6.07) is 7.31. The van der Waals surface area contributed by atoms with Gasteiger partial charge in [0.1, 0.15) is 6.54 Å². The molecule has 1 aromatic rings. The van der Waals surface area contributed by atoms with Gasteiger partial charge in [0.2, 0.25) is 0 Å². The Hall–Kier alpha value is -2.02. The van der Waals surface area contributed by atoms with Crippen molar-refractivity contribution in [3.05, 3.63) is 29.3 Å². The standard InChI is InChI=1S/C12H14N2O2/c1-3-14(8-12(15)16)11-5-4-10(7-13)6-9(11)2/h4-6H,3,8H2,1-2H3,(H,15,16). The molecule has 0 radical (unpaired) electrons. The Balaban J connectivity index is 3.02. The molecular weight excluding hydrogens is 204 g/mol. The lowest BCUT2D eigenvalue weighted by Crippen LogP contribution is -2.29. The quantitative estimate of drug-likeness (QED) is 0.836. The maximum atomic E-state index is 10.7. The highest BCUT2D eigenvalue weighted by atomic mass is 16.4. The van der Waals surface area contributed by atoms with Gasteiger partial charge in [0.15, 0.2) is 0 Å². The van der Waals surface area contributed by atoms with E-state index in [0.717, 1.165) is 11.3 Å². The van der Waals surface area contributed by atoms with Crippen molar-refractivity contribution in [1.29, 1.82) is 5.26 Å². The number of hydrogen-bond acceptors (Lipinski definition) is 3. The largest absolute Gasteiger partial charge is 0.480 e. The fourth-order valence-corrected chi connectivity index (χ4v) is 1.61. The number of benzene rings is 1. The van der Waals surface area contributed by atoms with Crippen LogP contribution >= 0.6 is 0 Å². The highest BCUT2D eigenvalue weighted by molar-refractivity contribution is 5.74. The van der Waals surface area contributed by atoms with Crippen LogP contribution in [0.15, 0.2) is 18.2 Å². The molecule has 0 unspecified atom stereocenters. The van der Waals surface area contributed by atoms with E-state index in [0.29, 0.717) is 12.1 Å². The molecular formula is C12H14N2O2. The van der Waals surface area contributed by atoms with Crippen LogP contribution in [0.5, 0.6) is 0 Å². The molecule has 0 atom stereocenters. The predicted octanol–water partition coefficient (Wildman–Crippen LogP) is 1.78. The molecule has 0 saturated heterocycles. The van der Waals surface area contributed by atoms with Gasteiger partial charge in [0, 0.05) is 12.2 Å². The van der Waals surface area contributed by atoms with Gasteiger partial charge in [-0.05, 0) is 37.6 Å². The minimum atomic E-state index is -0.856. The molecule has 0 fully saturated rings. The Kier molecular flexibility index (Phi) is 3.90. The van der Waals surface area contributed by atoms with Crippen LogP contribution < -0.4 is 4.90 Å². The van der Waals surface area contributed by atoms with Gasteiger partial charge >= 0.3 is 5.97 Å². The minimum absolute atomic E-state index is 0.0246. The lowest BCUT2D eigenvalue weighted by atomic mass is 10.1. The van der Waals surface area contributed by atoms with E-state index in [1.54, 1.807) is 23.1 Å². The van der Waals surface area contributed by atoms with E-state index in [4.69, 9.17) is 10.4 Å². The topological polar surface area (TPSA) is 64.3 Å². The van der Waals surface area contributed by atoms with Gasteiger partial charge in [-0.3, -0.25) is 4.79 Å². The van der Waals surface area contributed by atoms with E-state index >= 15 is 0 Å². The number of hydrogen-bond donors (Lipinski definition) is 1. The van der Waals surface area contributed by atoms with Crippen molar-refractivity contribution in [2.75, 3.05) is 18.0 Å². The zero-order valence-corrected chi connectivity index (χ0v) is 9.40. The van der Waals surface area contributed by atoms with Crippen LogP contribution in [0.2, 0.25) is 0 Å². The van der Waals surface area contributed by atoms with E-state index in [9.17, 15) is 4.79 Å². The van der Waals surface area contributed by atoms with Gasteiger partial charge in [0.25, 0.3) is 0 Å². The third kappa shape index (κ3) is 2.74. The molecule has 0 spiro atoms. The van der Waals surface area contributed by atoms with Crippen LogP contribution in [0.25, 0.3) is 0 Å². The first-order chi connectivity index (χ1) is 7.58. The lowest BCUT2D eigenvalue weighted by molar-refractivity contribution is -0.135. The Morgan fingerprint density at radius 2 is 2.25 bits per heavy atom. The normalized spacial score (nSPS) is 9.56. The number of anilines is 1. The Morgan fingerprint density at radius 3 is 2.69 bits per heavy atom. The summed E-state index contributed by atoms with van der Waals surface area (Å²) in [5.74, 6) is -0.856. The summed E-state index contributed by atoms with van der Waals surface area (Å²) < 4.78 is 0. The van der Waals surface area contributed by atoms with E-state index in [1.807, 2.05) is 13.8 Å². The van der Waals surface area contributed by atoms with Gasteiger partial charge in [-0.15, -0.1) is 0 Å². The van der Waals surface area contributed by atoms with Gasteiger partial charge in [0.05, 0.1) is 11.6 Å². The second kappa shape index (κ2) is 5.17. The van der Waals surface area contributed by atoms with Crippen LogP contribution in [0.3, 0.4) is 0 Å². The van der Waals surface area contributed by atoms with Gasteiger partial charge in [-0.25, -0.2) is 0 Å². The number of carboxylic acids is 1. The zero-order valence-electron chi connectivity index (χ0n) is 9.40. The third-order valence-corrected chi connectivity index (χ3v) is 2.37. The molecule has 16 heavy (non-hydrogen) atoms. The molecule has 0 aromatic heterocycles. The molecule has 0 aliphatic rings. The van der Waals surface area contributed by atoms with Crippen molar-refractivity contribution in [3.8, 4) is 6.07 Å². The summed E-state index contributed by atoms with van der Waals surface area (Å²) in [6.45, 7) is 4.38. The summed E-state index contributed by atoms with van der Waals surface area (Å²) in [6.07, 6.45) is 0. The molecule has 1 rings (SSSR count). The number of carboxylic acid groups (broad SMARTS) is 1. The van der Waals surface area contributed by atoms with Gasteiger partial charge < -0.3 is 10.0 Å². The first kappa shape index (κ1) is 12.1. The van der Waals surface area contributed by atoms with Gasteiger partial charge in [-0.1, -0.05) is 0 Å². The molecule has 0 aliphatic heterocycles. The first-order valence-corrected chi connectivity index (χ1v) is 5.06. The summed E-state index contributed by atoms with van der Waals surface area (Å²) in [7, 11) is 0. The van der Waals surface area contributed by atoms with Crippen molar-refractivity contribution in [1.82, 2.24) is 0 Å². The average Bonchev–Trinajstić information content (AvgIpc) is 2.25. The highest BCUT2D eigenvalue weighted by Gasteiger charge is 2.11. The lowest BCUT2D eigenvalue weighted by Gasteiger charge is -2.22. The summed E-state index contributed by atoms with van der Waals surface area (Å²) >= 11 is 0. The molecule has 0 saturated carbocycles. The van der Waals surface area contributed by atoms with E-state index in [2.05, 4.69) is 6.07 Å². The SMILES string of the molecule is CCN(CC(=O)O)c1ccc(C#N)cc1C. The number of carbonyl (C=O) groups is 1. The van der Waals surface area contributed by atoms with Crippen LogP contribution in [-0.2, 0) is 4.79 Å².